The number of rotatable bonds is 3. The van der Waals surface area contributed by atoms with Crippen LogP contribution in [-0.2, 0) is 4.79 Å². The second-order valence-corrected chi connectivity index (χ2v) is 4.78. The van der Waals surface area contributed by atoms with E-state index in [0.717, 1.165) is 11.8 Å². The summed E-state index contributed by atoms with van der Waals surface area (Å²) in [6, 6.07) is 0.561. The lowest BCUT2D eigenvalue weighted by Crippen LogP contribution is -2.47. The molecule has 0 saturated heterocycles. The zero-order chi connectivity index (χ0) is 10.1. The van der Waals surface area contributed by atoms with E-state index in [4.69, 9.17) is 0 Å². The van der Waals surface area contributed by atoms with Crippen molar-refractivity contribution in [3.05, 3.63) is 0 Å². The summed E-state index contributed by atoms with van der Waals surface area (Å²) in [5, 5.41) is 6.13. The van der Waals surface area contributed by atoms with Crippen LogP contribution < -0.4 is 10.6 Å². The van der Waals surface area contributed by atoms with Gasteiger partial charge in [0.2, 0.25) is 5.91 Å². The highest BCUT2D eigenvalue weighted by Gasteiger charge is 2.40. The van der Waals surface area contributed by atoms with Gasteiger partial charge in [-0.2, -0.15) is 0 Å². The first kappa shape index (κ1) is 9.97. The maximum Gasteiger partial charge on any atom is 0.236 e. The van der Waals surface area contributed by atoms with E-state index in [-0.39, 0.29) is 11.9 Å². The fourth-order valence-electron chi connectivity index (χ4n) is 3.06. The molecule has 0 heterocycles. The molecule has 0 aromatic heterocycles. The molecule has 2 saturated carbocycles. The summed E-state index contributed by atoms with van der Waals surface area (Å²) in [7, 11) is 1.70. The number of carbonyl (C=O) groups is 1. The van der Waals surface area contributed by atoms with E-state index in [9.17, 15) is 4.79 Å². The van der Waals surface area contributed by atoms with Crippen LogP contribution in [0.5, 0.6) is 0 Å². The fourth-order valence-corrected chi connectivity index (χ4v) is 3.06. The lowest BCUT2D eigenvalue weighted by Gasteiger charge is -2.25. The Balaban J connectivity index is 1.83. The minimum absolute atomic E-state index is 0.0376. The van der Waals surface area contributed by atoms with E-state index >= 15 is 0 Å². The van der Waals surface area contributed by atoms with Gasteiger partial charge < -0.3 is 10.6 Å². The van der Waals surface area contributed by atoms with Crippen LogP contribution in [0.4, 0.5) is 0 Å². The number of amides is 1. The predicted octanol–water partition coefficient (Wildman–Crippen LogP) is 0.899. The minimum atomic E-state index is -0.0376. The lowest BCUT2D eigenvalue weighted by molar-refractivity contribution is -0.122. The Bertz CT molecular complexity index is 229. The lowest BCUT2D eigenvalue weighted by atomic mass is 9.95. The molecule has 14 heavy (non-hydrogen) atoms. The van der Waals surface area contributed by atoms with Crippen molar-refractivity contribution in [3.63, 3.8) is 0 Å². The summed E-state index contributed by atoms with van der Waals surface area (Å²) in [6.07, 6.45) is 5.45. The highest BCUT2D eigenvalue weighted by Crippen LogP contribution is 2.44. The molecule has 4 atom stereocenters. The maximum atomic E-state index is 11.3. The van der Waals surface area contributed by atoms with Crippen LogP contribution in [0.3, 0.4) is 0 Å². The molecule has 2 bridgehead atoms. The smallest absolute Gasteiger partial charge is 0.236 e. The molecule has 0 aromatic carbocycles. The number of hydrogen-bond donors (Lipinski definition) is 2. The standard InChI is InChI=1S/C11H20N2O/c1-7(11(14)12-2)13-10-6-8-3-4-9(10)5-8/h7-10,13H,3-6H2,1-2H3,(H,12,14)/t7-,8?,9?,10?/m1/s1. The second-order valence-electron chi connectivity index (χ2n) is 4.78. The molecule has 2 rings (SSSR count). The zero-order valence-electron chi connectivity index (χ0n) is 9.05. The van der Waals surface area contributed by atoms with E-state index in [0.29, 0.717) is 6.04 Å². The van der Waals surface area contributed by atoms with Crippen LogP contribution in [0.1, 0.15) is 32.6 Å². The Morgan fingerprint density at radius 3 is 2.64 bits per heavy atom. The Labute approximate surface area is 85.6 Å². The molecule has 0 aromatic rings. The normalized spacial score (nSPS) is 37.1. The van der Waals surface area contributed by atoms with Gasteiger partial charge in [0.1, 0.15) is 0 Å². The van der Waals surface area contributed by atoms with Gasteiger partial charge in [0.15, 0.2) is 0 Å². The van der Waals surface area contributed by atoms with Gasteiger partial charge in [0.25, 0.3) is 0 Å². The quantitative estimate of drug-likeness (QED) is 0.704. The van der Waals surface area contributed by atoms with E-state index in [1.165, 1.54) is 25.7 Å². The molecule has 2 aliphatic carbocycles. The fraction of sp³-hybridized carbons (Fsp3) is 0.909. The third-order valence-electron chi connectivity index (χ3n) is 3.84. The molecule has 1 amide bonds. The van der Waals surface area contributed by atoms with Crippen LogP contribution in [0.25, 0.3) is 0 Å². The van der Waals surface area contributed by atoms with Gasteiger partial charge in [-0.3, -0.25) is 4.79 Å². The summed E-state index contributed by atoms with van der Waals surface area (Å²) < 4.78 is 0. The van der Waals surface area contributed by atoms with Gasteiger partial charge in [0.05, 0.1) is 6.04 Å². The first-order chi connectivity index (χ1) is 6.70. The molecule has 2 aliphatic rings. The van der Waals surface area contributed by atoms with Crippen molar-refractivity contribution in [1.29, 1.82) is 0 Å². The maximum absolute atomic E-state index is 11.3. The van der Waals surface area contributed by atoms with Crippen molar-refractivity contribution in [2.75, 3.05) is 7.05 Å². The monoisotopic (exact) mass is 196 g/mol. The summed E-state index contributed by atoms with van der Waals surface area (Å²) in [5.74, 6) is 1.88. The van der Waals surface area contributed by atoms with Gasteiger partial charge in [-0.05, 0) is 38.0 Å². The van der Waals surface area contributed by atoms with E-state index < -0.39 is 0 Å². The van der Waals surface area contributed by atoms with Gasteiger partial charge >= 0.3 is 0 Å². The second kappa shape index (κ2) is 3.89. The van der Waals surface area contributed by atoms with Crippen LogP contribution in [0.15, 0.2) is 0 Å². The molecule has 2 N–H and O–H groups in total. The molecule has 0 radical (unpaired) electrons. The van der Waals surface area contributed by atoms with Gasteiger partial charge in [0, 0.05) is 13.1 Å². The Morgan fingerprint density at radius 2 is 2.14 bits per heavy atom. The van der Waals surface area contributed by atoms with Gasteiger partial charge in [-0.1, -0.05) is 6.42 Å². The van der Waals surface area contributed by atoms with Crippen molar-refractivity contribution < 1.29 is 4.79 Å². The van der Waals surface area contributed by atoms with E-state index in [2.05, 4.69) is 10.6 Å². The van der Waals surface area contributed by atoms with Crippen molar-refractivity contribution in [2.24, 2.45) is 11.8 Å². The summed E-state index contributed by atoms with van der Waals surface area (Å²) in [5.41, 5.74) is 0. The predicted molar refractivity (Wildman–Crippen MR) is 55.9 cm³/mol. The minimum Gasteiger partial charge on any atom is -0.358 e. The molecule has 3 nitrogen and oxygen atoms in total. The molecule has 3 heteroatoms. The molecule has 0 aliphatic heterocycles. The average Bonchev–Trinajstić information content (AvgIpc) is 2.77. The number of hydrogen-bond acceptors (Lipinski definition) is 2. The van der Waals surface area contributed by atoms with Crippen molar-refractivity contribution >= 4 is 5.91 Å². The SMILES string of the molecule is CNC(=O)[C@@H](C)NC1CC2CCC1C2. The van der Waals surface area contributed by atoms with Crippen molar-refractivity contribution in [2.45, 2.75) is 44.7 Å². The topological polar surface area (TPSA) is 41.1 Å². The summed E-state index contributed by atoms with van der Waals surface area (Å²) in [4.78, 5) is 11.3. The van der Waals surface area contributed by atoms with Gasteiger partial charge in [-0.25, -0.2) is 0 Å². The summed E-state index contributed by atoms with van der Waals surface area (Å²) in [6.45, 7) is 1.95. The Kier molecular flexibility index (Phi) is 2.77. The molecular formula is C11H20N2O. The Morgan fingerprint density at radius 1 is 1.36 bits per heavy atom. The van der Waals surface area contributed by atoms with Gasteiger partial charge in [-0.15, -0.1) is 0 Å². The van der Waals surface area contributed by atoms with Crippen LogP contribution >= 0.6 is 0 Å². The van der Waals surface area contributed by atoms with Crippen LogP contribution in [0, 0.1) is 11.8 Å². The average molecular weight is 196 g/mol. The molecule has 3 unspecified atom stereocenters. The largest absolute Gasteiger partial charge is 0.358 e. The third kappa shape index (κ3) is 1.78. The number of likely N-dealkylation sites (N-methyl/N-ethyl adjacent to an activating group) is 1. The van der Waals surface area contributed by atoms with E-state index in [1.807, 2.05) is 6.92 Å². The summed E-state index contributed by atoms with van der Waals surface area (Å²) >= 11 is 0. The molecule has 2 fully saturated rings. The number of fused-ring (bicyclic) bond motifs is 2. The molecule has 80 valence electrons. The van der Waals surface area contributed by atoms with Crippen molar-refractivity contribution in [3.8, 4) is 0 Å². The van der Waals surface area contributed by atoms with Crippen LogP contribution in [0.2, 0.25) is 0 Å². The number of nitrogens with one attached hydrogen (secondary N) is 2. The first-order valence-corrected chi connectivity index (χ1v) is 5.68. The van der Waals surface area contributed by atoms with Crippen molar-refractivity contribution in [1.82, 2.24) is 10.6 Å². The van der Waals surface area contributed by atoms with Crippen LogP contribution in [-0.4, -0.2) is 25.0 Å². The first-order valence-electron chi connectivity index (χ1n) is 5.68. The third-order valence-corrected chi connectivity index (χ3v) is 3.84. The molecular weight excluding hydrogens is 176 g/mol. The Hall–Kier alpha value is -0.570. The highest BCUT2D eigenvalue weighted by atomic mass is 16.2. The number of carbonyl (C=O) groups excluding carboxylic acids is 1. The highest BCUT2D eigenvalue weighted by molar-refractivity contribution is 5.80. The zero-order valence-corrected chi connectivity index (χ0v) is 9.05. The van der Waals surface area contributed by atoms with E-state index in [1.54, 1.807) is 7.05 Å². The molecule has 0 spiro atoms.